The molecule has 0 radical (unpaired) electrons. The topological polar surface area (TPSA) is 63.1 Å². The van der Waals surface area contributed by atoms with Crippen LogP contribution in [0.5, 0.6) is 0 Å². The number of nitrogens with one attached hydrogen (secondary N) is 1. The summed E-state index contributed by atoms with van der Waals surface area (Å²) >= 11 is 0. The molecule has 3 aromatic rings. The van der Waals surface area contributed by atoms with Gasteiger partial charge in [0.2, 0.25) is 0 Å². The molecule has 33 heavy (non-hydrogen) atoms. The second-order valence-electron chi connectivity index (χ2n) is 9.10. The number of rotatable bonds is 5. The maximum atomic E-state index is 14.7. The van der Waals surface area contributed by atoms with Gasteiger partial charge in [-0.25, -0.2) is 13.2 Å². The number of benzene rings is 1. The van der Waals surface area contributed by atoms with Crippen molar-refractivity contribution >= 4 is 16.6 Å². The number of halogens is 3. The lowest BCUT2D eigenvalue weighted by atomic mass is 9.84. The predicted molar refractivity (Wildman–Crippen MR) is 120 cm³/mol. The number of pyridine rings is 1. The Hall–Kier alpha value is -2.94. The molecular formula is C24H26F3N5O. The first-order valence-corrected chi connectivity index (χ1v) is 11.3. The molecule has 3 aliphatic rings. The summed E-state index contributed by atoms with van der Waals surface area (Å²) < 4.78 is 42.8. The molecule has 9 heteroatoms. The largest absolute Gasteiger partial charge is 0.361 e. The molecule has 1 unspecified atom stereocenters. The van der Waals surface area contributed by atoms with Gasteiger partial charge in [-0.1, -0.05) is 18.2 Å². The molecule has 174 valence electrons. The Morgan fingerprint density at radius 1 is 1.12 bits per heavy atom. The molecule has 2 aromatic heterocycles. The average molecular weight is 458 g/mol. The van der Waals surface area contributed by atoms with Crippen molar-refractivity contribution in [2.45, 2.75) is 45.2 Å². The standard InChI is InChI=1S/C24H26F3N5O/c1-13(16-4-3-5-17(22(16)25)23(26)27)28-24-19-11-32(20-12-31-8-6-15(20)7-9-31)21(33)10-18(19)14(2)29-30-24/h3-5,10-11,13,15,20,23H,6-9,12H2,1-2H3,(H,28,30)/t13-,20?/m1/s1. The molecule has 0 saturated carbocycles. The maximum Gasteiger partial charge on any atom is 0.266 e. The van der Waals surface area contributed by atoms with E-state index >= 15 is 0 Å². The van der Waals surface area contributed by atoms with Crippen molar-refractivity contribution in [3.63, 3.8) is 0 Å². The smallest absolute Gasteiger partial charge is 0.266 e. The lowest BCUT2D eigenvalue weighted by Crippen LogP contribution is -2.49. The molecule has 6 nitrogen and oxygen atoms in total. The van der Waals surface area contributed by atoms with Gasteiger partial charge in [0.25, 0.3) is 12.0 Å². The fraction of sp³-hybridized carbons (Fsp3) is 0.458. The number of anilines is 1. The van der Waals surface area contributed by atoms with E-state index in [0.717, 1.165) is 38.5 Å². The van der Waals surface area contributed by atoms with Crippen LogP contribution in [0.25, 0.3) is 10.8 Å². The van der Waals surface area contributed by atoms with Crippen LogP contribution < -0.4 is 10.9 Å². The number of fused-ring (bicyclic) bond motifs is 4. The zero-order valence-corrected chi connectivity index (χ0v) is 18.6. The highest BCUT2D eigenvalue weighted by Gasteiger charge is 2.35. The summed E-state index contributed by atoms with van der Waals surface area (Å²) in [5.74, 6) is -0.0800. The monoisotopic (exact) mass is 457 g/mol. The molecule has 3 saturated heterocycles. The van der Waals surface area contributed by atoms with Crippen LogP contribution in [0.1, 0.15) is 55.1 Å². The molecular weight excluding hydrogens is 431 g/mol. The highest BCUT2D eigenvalue weighted by Crippen LogP contribution is 2.36. The van der Waals surface area contributed by atoms with Gasteiger partial charge < -0.3 is 14.8 Å². The summed E-state index contributed by atoms with van der Waals surface area (Å²) in [6, 6.07) is 5.03. The van der Waals surface area contributed by atoms with Crippen LogP contribution in [0.2, 0.25) is 0 Å². The number of alkyl halides is 2. The van der Waals surface area contributed by atoms with Gasteiger partial charge in [-0.05, 0) is 45.7 Å². The minimum atomic E-state index is -2.90. The van der Waals surface area contributed by atoms with Gasteiger partial charge in [0.05, 0.1) is 23.3 Å². The number of aromatic nitrogens is 3. The molecule has 6 rings (SSSR count). The van der Waals surface area contributed by atoms with E-state index in [1.807, 2.05) is 6.20 Å². The van der Waals surface area contributed by atoms with Gasteiger partial charge in [0.1, 0.15) is 5.82 Å². The van der Waals surface area contributed by atoms with E-state index in [-0.39, 0.29) is 17.2 Å². The molecule has 3 fully saturated rings. The Labute approximate surface area is 189 Å². The van der Waals surface area contributed by atoms with E-state index < -0.39 is 23.8 Å². The lowest BCUT2D eigenvalue weighted by Gasteiger charge is -2.45. The summed E-state index contributed by atoms with van der Waals surface area (Å²) in [6.07, 6.45) is 1.08. The first-order valence-electron chi connectivity index (χ1n) is 11.3. The predicted octanol–water partition coefficient (Wildman–Crippen LogP) is 4.62. The van der Waals surface area contributed by atoms with Crippen LogP contribution in [0.3, 0.4) is 0 Å². The molecule has 2 bridgehead atoms. The van der Waals surface area contributed by atoms with Gasteiger partial charge in [-0.15, -0.1) is 5.10 Å². The summed E-state index contributed by atoms with van der Waals surface area (Å²) in [6.45, 7) is 6.46. The Kier molecular flexibility index (Phi) is 5.60. The van der Waals surface area contributed by atoms with E-state index in [1.54, 1.807) is 24.5 Å². The van der Waals surface area contributed by atoms with Crippen LogP contribution in [-0.2, 0) is 0 Å². The van der Waals surface area contributed by atoms with Crippen LogP contribution in [-0.4, -0.2) is 39.3 Å². The van der Waals surface area contributed by atoms with Crippen molar-refractivity contribution < 1.29 is 13.2 Å². The number of aryl methyl sites for hydroxylation is 1. The van der Waals surface area contributed by atoms with Crippen molar-refractivity contribution in [3.05, 3.63) is 63.5 Å². The van der Waals surface area contributed by atoms with Gasteiger partial charge >= 0.3 is 0 Å². The molecule has 2 atom stereocenters. The van der Waals surface area contributed by atoms with E-state index in [1.165, 1.54) is 12.1 Å². The van der Waals surface area contributed by atoms with Crippen molar-refractivity contribution in [3.8, 4) is 0 Å². The van der Waals surface area contributed by atoms with E-state index in [2.05, 4.69) is 20.4 Å². The lowest BCUT2D eigenvalue weighted by molar-refractivity contribution is 0.0556. The number of hydrogen-bond donors (Lipinski definition) is 1. The fourth-order valence-corrected chi connectivity index (χ4v) is 5.24. The first kappa shape index (κ1) is 21.9. The third-order valence-electron chi connectivity index (χ3n) is 7.12. The molecule has 0 amide bonds. The molecule has 1 N–H and O–H groups in total. The van der Waals surface area contributed by atoms with Crippen molar-refractivity contribution in [2.24, 2.45) is 5.92 Å². The highest BCUT2D eigenvalue weighted by molar-refractivity contribution is 5.92. The Bertz CT molecular complexity index is 1250. The minimum absolute atomic E-state index is 0.0768. The second kappa shape index (κ2) is 8.44. The van der Waals surface area contributed by atoms with Crippen molar-refractivity contribution in [2.75, 3.05) is 25.0 Å². The summed E-state index contributed by atoms with van der Waals surface area (Å²) in [5.41, 5.74) is 0.0329. The third-order valence-corrected chi connectivity index (χ3v) is 7.12. The minimum Gasteiger partial charge on any atom is -0.361 e. The van der Waals surface area contributed by atoms with Crippen LogP contribution in [0.15, 0.2) is 35.3 Å². The first-order chi connectivity index (χ1) is 15.8. The zero-order valence-electron chi connectivity index (χ0n) is 18.6. The SMILES string of the molecule is Cc1nnc(N[C@H](C)c2cccc(C(F)F)c2F)c2cn(C3CN4CCC3CC4)c(=O)cc12. The number of piperidine rings is 3. The zero-order chi connectivity index (χ0) is 23.3. The highest BCUT2D eigenvalue weighted by atomic mass is 19.3. The molecule has 0 aliphatic carbocycles. The molecule has 1 aromatic carbocycles. The van der Waals surface area contributed by atoms with E-state index in [9.17, 15) is 18.0 Å². The summed E-state index contributed by atoms with van der Waals surface area (Å²) in [4.78, 5) is 15.4. The van der Waals surface area contributed by atoms with Crippen molar-refractivity contribution in [1.82, 2.24) is 19.7 Å². The Morgan fingerprint density at radius 2 is 1.85 bits per heavy atom. The third kappa shape index (κ3) is 3.88. The van der Waals surface area contributed by atoms with Crippen LogP contribution in [0.4, 0.5) is 19.0 Å². The Morgan fingerprint density at radius 3 is 2.52 bits per heavy atom. The Balaban J connectivity index is 1.54. The molecule has 5 heterocycles. The fourth-order valence-electron chi connectivity index (χ4n) is 5.24. The number of nitrogens with zero attached hydrogens (tertiary/aromatic N) is 4. The average Bonchev–Trinajstić information content (AvgIpc) is 2.81. The van der Waals surface area contributed by atoms with Crippen LogP contribution >= 0.6 is 0 Å². The van der Waals surface area contributed by atoms with E-state index in [0.29, 0.717) is 28.2 Å². The number of hydrogen-bond acceptors (Lipinski definition) is 5. The maximum absolute atomic E-state index is 14.7. The van der Waals surface area contributed by atoms with E-state index in [4.69, 9.17) is 0 Å². The van der Waals surface area contributed by atoms with Gasteiger partial charge in [-0.3, -0.25) is 4.79 Å². The summed E-state index contributed by atoms with van der Waals surface area (Å²) in [7, 11) is 0. The van der Waals surface area contributed by atoms with Crippen LogP contribution in [0, 0.1) is 18.7 Å². The quantitative estimate of drug-likeness (QED) is 0.606. The molecule has 0 spiro atoms. The molecule has 3 aliphatic heterocycles. The van der Waals surface area contributed by atoms with Crippen molar-refractivity contribution in [1.29, 1.82) is 0 Å². The van der Waals surface area contributed by atoms with Gasteiger partial charge in [0.15, 0.2) is 5.82 Å². The van der Waals surface area contributed by atoms with Gasteiger partial charge in [-0.2, -0.15) is 5.10 Å². The summed E-state index contributed by atoms with van der Waals surface area (Å²) in [5, 5.41) is 12.9. The normalized spacial score (nSPS) is 23.3. The second-order valence-corrected chi connectivity index (χ2v) is 9.10. The van der Waals surface area contributed by atoms with Gasteiger partial charge in [0, 0.05) is 35.1 Å².